The van der Waals surface area contributed by atoms with Crippen LogP contribution in [0, 0.1) is 0 Å². The SMILES string of the molecule is COC(=O)c1ccc(O[Si](C)(C)C(C)(C)C)c(Br)c1CBr. The van der Waals surface area contributed by atoms with Crippen LogP contribution in [-0.2, 0) is 10.1 Å². The minimum atomic E-state index is -1.93. The van der Waals surface area contributed by atoms with Gasteiger partial charge < -0.3 is 9.16 Å². The molecule has 0 saturated carbocycles. The zero-order valence-corrected chi connectivity index (χ0v) is 17.5. The molecule has 1 rings (SSSR count). The smallest absolute Gasteiger partial charge is 0.338 e. The van der Waals surface area contributed by atoms with E-state index in [-0.39, 0.29) is 11.0 Å². The first-order valence-electron chi connectivity index (χ1n) is 6.70. The van der Waals surface area contributed by atoms with Crippen LogP contribution in [0.25, 0.3) is 0 Å². The van der Waals surface area contributed by atoms with E-state index in [0.29, 0.717) is 10.9 Å². The highest BCUT2D eigenvalue weighted by molar-refractivity contribution is 9.11. The molecule has 0 heterocycles. The van der Waals surface area contributed by atoms with Crippen LogP contribution < -0.4 is 4.43 Å². The Kier molecular flexibility index (Phi) is 6.09. The van der Waals surface area contributed by atoms with E-state index in [4.69, 9.17) is 9.16 Å². The Morgan fingerprint density at radius 3 is 2.29 bits per heavy atom. The lowest BCUT2D eigenvalue weighted by atomic mass is 10.1. The van der Waals surface area contributed by atoms with Crippen molar-refractivity contribution in [1.82, 2.24) is 0 Å². The number of ether oxygens (including phenoxy) is 1. The third-order valence-corrected chi connectivity index (χ3v) is 9.69. The highest BCUT2D eigenvalue weighted by Crippen LogP contribution is 2.41. The van der Waals surface area contributed by atoms with Crippen molar-refractivity contribution < 1.29 is 14.0 Å². The molecule has 0 aliphatic rings. The molecule has 118 valence electrons. The maximum atomic E-state index is 11.8. The maximum Gasteiger partial charge on any atom is 0.338 e. The summed E-state index contributed by atoms with van der Waals surface area (Å²) >= 11 is 7.00. The van der Waals surface area contributed by atoms with Gasteiger partial charge in [0.05, 0.1) is 17.1 Å². The summed E-state index contributed by atoms with van der Waals surface area (Å²) < 4.78 is 12.0. The topological polar surface area (TPSA) is 35.5 Å². The molecule has 0 amide bonds. The molecule has 0 aliphatic heterocycles. The van der Waals surface area contributed by atoms with Crippen LogP contribution in [0.3, 0.4) is 0 Å². The average molecular weight is 438 g/mol. The summed E-state index contributed by atoms with van der Waals surface area (Å²) in [6, 6.07) is 3.60. The van der Waals surface area contributed by atoms with Crippen molar-refractivity contribution in [2.75, 3.05) is 7.11 Å². The lowest BCUT2D eigenvalue weighted by Crippen LogP contribution is -2.44. The Bertz CT molecular complexity index is 536. The minimum Gasteiger partial charge on any atom is -0.543 e. The first kappa shape index (κ1) is 18.7. The lowest BCUT2D eigenvalue weighted by Gasteiger charge is -2.37. The van der Waals surface area contributed by atoms with Crippen molar-refractivity contribution in [3.63, 3.8) is 0 Å². The fourth-order valence-electron chi connectivity index (χ4n) is 1.54. The number of carbonyl (C=O) groups excluding carboxylic acids is 1. The summed E-state index contributed by atoms with van der Waals surface area (Å²) in [5, 5.41) is 0.661. The minimum absolute atomic E-state index is 0.113. The van der Waals surface area contributed by atoms with E-state index in [1.165, 1.54) is 7.11 Å². The quantitative estimate of drug-likeness (QED) is 0.353. The van der Waals surface area contributed by atoms with Crippen molar-refractivity contribution >= 4 is 46.1 Å². The van der Waals surface area contributed by atoms with Gasteiger partial charge in [0, 0.05) is 5.33 Å². The molecule has 0 radical (unpaired) electrons. The van der Waals surface area contributed by atoms with E-state index in [2.05, 4.69) is 65.7 Å². The summed E-state index contributed by atoms with van der Waals surface area (Å²) in [5.41, 5.74) is 1.39. The van der Waals surface area contributed by atoms with Gasteiger partial charge in [-0.25, -0.2) is 4.79 Å². The van der Waals surface area contributed by atoms with Crippen LogP contribution in [0.5, 0.6) is 5.75 Å². The molecule has 0 bridgehead atoms. The van der Waals surface area contributed by atoms with E-state index in [1.54, 1.807) is 6.07 Å². The Labute approximate surface area is 144 Å². The monoisotopic (exact) mass is 436 g/mol. The van der Waals surface area contributed by atoms with Gasteiger partial charge in [-0.15, -0.1) is 0 Å². The van der Waals surface area contributed by atoms with Crippen molar-refractivity contribution in [1.29, 1.82) is 0 Å². The molecule has 3 nitrogen and oxygen atoms in total. The van der Waals surface area contributed by atoms with E-state index in [0.717, 1.165) is 15.8 Å². The average Bonchev–Trinajstić information content (AvgIpc) is 2.38. The molecule has 0 atom stereocenters. The van der Waals surface area contributed by atoms with Gasteiger partial charge in [0.25, 0.3) is 8.32 Å². The first-order chi connectivity index (χ1) is 9.55. The second-order valence-corrected chi connectivity index (χ2v) is 12.5. The van der Waals surface area contributed by atoms with Crippen LogP contribution in [-0.4, -0.2) is 21.4 Å². The molecule has 0 saturated heterocycles. The molecule has 0 aromatic heterocycles. The number of halogens is 2. The zero-order chi connectivity index (χ0) is 16.4. The van der Waals surface area contributed by atoms with Crippen molar-refractivity contribution in [2.24, 2.45) is 0 Å². The zero-order valence-electron chi connectivity index (χ0n) is 13.3. The van der Waals surface area contributed by atoms with Crippen LogP contribution in [0.4, 0.5) is 0 Å². The van der Waals surface area contributed by atoms with Crippen molar-refractivity contribution in [3.05, 3.63) is 27.7 Å². The van der Waals surface area contributed by atoms with Gasteiger partial charge >= 0.3 is 5.97 Å². The Hall–Kier alpha value is -0.333. The second-order valence-electron chi connectivity index (χ2n) is 6.39. The predicted molar refractivity (Wildman–Crippen MR) is 95.9 cm³/mol. The number of methoxy groups -OCH3 is 1. The molecule has 6 heteroatoms. The molecular formula is C15H22Br2O3Si. The largest absolute Gasteiger partial charge is 0.543 e. The van der Waals surface area contributed by atoms with Gasteiger partial charge in [-0.1, -0.05) is 36.7 Å². The third-order valence-electron chi connectivity index (χ3n) is 3.92. The van der Waals surface area contributed by atoms with E-state index in [1.807, 2.05) is 6.07 Å². The molecule has 0 spiro atoms. The predicted octanol–water partition coefficient (Wildman–Crippen LogP) is 5.51. The van der Waals surface area contributed by atoms with Gasteiger partial charge in [0.2, 0.25) is 0 Å². The molecule has 1 aromatic rings. The summed E-state index contributed by atoms with van der Waals surface area (Å²) in [4.78, 5) is 11.8. The Balaban J connectivity index is 3.27. The van der Waals surface area contributed by atoms with Gasteiger partial charge in [0.15, 0.2) is 0 Å². The number of esters is 1. The Morgan fingerprint density at radius 2 is 1.86 bits per heavy atom. The van der Waals surface area contributed by atoms with Crippen molar-refractivity contribution in [2.45, 2.75) is 44.2 Å². The van der Waals surface area contributed by atoms with Gasteiger partial charge in [0.1, 0.15) is 5.75 Å². The molecular weight excluding hydrogens is 416 g/mol. The van der Waals surface area contributed by atoms with Crippen LogP contribution in [0.1, 0.15) is 36.7 Å². The standard InChI is InChI=1S/C15H22Br2O3Si/c1-15(2,3)21(5,6)20-12-8-7-10(14(18)19-4)11(9-16)13(12)17/h7-8H,9H2,1-6H3. The van der Waals surface area contributed by atoms with E-state index < -0.39 is 8.32 Å². The number of rotatable bonds is 4. The van der Waals surface area contributed by atoms with Gasteiger partial charge in [-0.2, -0.15) is 0 Å². The van der Waals surface area contributed by atoms with Crippen LogP contribution in [0.2, 0.25) is 18.1 Å². The maximum absolute atomic E-state index is 11.8. The summed E-state index contributed by atoms with van der Waals surface area (Å²) in [7, 11) is -0.544. The summed E-state index contributed by atoms with van der Waals surface area (Å²) in [5.74, 6) is 0.438. The molecule has 1 aromatic carbocycles. The molecule has 0 N–H and O–H groups in total. The number of carbonyl (C=O) groups is 1. The summed E-state index contributed by atoms with van der Waals surface area (Å²) in [6.45, 7) is 11.0. The van der Waals surface area contributed by atoms with Crippen molar-refractivity contribution in [3.8, 4) is 5.75 Å². The van der Waals surface area contributed by atoms with Crippen LogP contribution in [0.15, 0.2) is 16.6 Å². The fraction of sp³-hybridized carbons (Fsp3) is 0.533. The summed E-state index contributed by atoms with van der Waals surface area (Å²) in [6.07, 6.45) is 0. The molecule has 0 fully saturated rings. The lowest BCUT2D eigenvalue weighted by molar-refractivity contribution is 0.0599. The number of alkyl halides is 1. The molecule has 0 aliphatic carbocycles. The van der Waals surface area contributed by atoms with Crippen LogP contribution >= 0.6 is 31.9 Å². The highest BCUT2D eigenvalue weighted by atomic mass is 79.9. The normalized spacial score (nSPS) is 12.2. The number of hydrogen-bond donors (Lipinski definition) is 0. The Morgan fingerprint density at radius 1 is 1.29 bits per heavy atom. The van der Waals surface area contributed by atoms with E-state index in [9.17, 15) is 4.79 Å². The first-order valence-corrected chi connectivity index (χ1v) is 11.5. The second kappa shape index (κ2) is 6.83. The molecule has 0 unspecified atom stereocenters. The number of benzene rings is 1. The van der Waals surface area contributed by atoms with Gasteiger partial charge in [-0.05, 0) is 51.8 Å². The van der Waals surface area contributed by atoms with Gasteiger partial charge in [-0.3, -0.25) is 0 Å². The third kappa shape index (κ3) is 4.11. The number of hydrogen-bond acceptors (Lipinski definition) is 3. The highest BCUT2D eigenvalue weighted by Gasteiger charge is 2.39. The van der Waals surface area contributed by atoms with E-state index >= 15 is 0 Å². The molecule has 21 heavy (non-hydrogen) atoms. The fourth-order valence-corrected chi connectivity index (χ4v) is 4.24.